The van der Waals surface area contributed by atoms with Crippen LogP contribution in [0.3, 0.4) is 0 Å². The van der Waals surface area contributed by atoms with Crippen molar-refractivity contribution in [2.45, 2.75) is 45.7 Å². The van der Waals surface area contributed by atoms with Crippen LogP contribution in [0.5, 0.6) is 0 Å². The Morgan fingerprint density at radius 2 is 2.18 bits per heavy atom. The maximum Gasteiger partial charge on any atom is 0.270 e. The number of nitrogens with zero attached hydrogens (tertiary/aromatic N) is 4. The van der Waals surface area contributed by atoms with E-state index in [1.807, 2.05) is 31.5 Å². The molecule has 3 N–H and O–H groups in total. The molecule has 0 radical (unpaired) electrons. The molecule has 0 spiro atoms. The van der Waals surface area contributed by atoms with Crippen molar-refractivity contribution in [1.82, 2.24) is 24.8 Å². The minimum atomic E-state index is -0.233. The largest absolute Gasteiger partial charge is 0.368 e. The van der Waals surface area contributed by atoms with Crippen molar-refractivity contribution in [3.8, 4) is 0 Å². The zero-order valence-electron chi connectivity index (χ0n) is 13.2. The molecule has 1 unspecified atom stereocenters. The van der Waals surface area contributed by atoms with Crippen LogP contribution in [0, 0.1) is 0 Å². The number of carbonyl (C=O) groups excluding carboxylic acids is 1. The Balaban J connectivity index is 2.10. The first-order chi connectivity index (χ1) is 10.5. The summed E-state index contributed by atoms with van der Waals surface area (Å²) in [5.74, 6) is 0.0757. The highest BCUT2D eigenvalue weighted by Crippen LogP contribution is 2.13. The number of nitrogens with one attached hydrogen (secondary N) is 1. The topological polar surface area (TPSA) is 98.7 Å². The van der Waals surface area contributed by atoms with Gasteiger partial charge in [-0.15, -0.1) is 0 Å². The molecule has 7 nitrogen and oxygen atoms in total. The fraction of sp³-hybridized carbons (Fsp3) is 0.467. The van der Waals surface area contributed by atoms with Crippen molar-refractivity contribution in [2.75, 3.05) is 5.73 Å². The van der Waals surface area contributed by atoms with Crippen molar-refractivity contribution in [1.29, 1.82) is 0 Å². The number of rotatable bonds is 6. The quantitative estimate of drug-likeness (QED) is 0.844. The molecule has 0 bridgehead atoms. The Hall–Kier alpha value is -2.44. The Morgan fingerprint density at radius 1 is 1.41 bits per heavy atom. The second kappa shape index (κ2) is 7.02. The van der Waals surface area contributed by atoms with Crippen LogP contribution >= 0.6 is 0 Å². The Labute approximate surface area is 130 Å². The third-order valence-corrected chi connectivity index (χ3v) is 3.41. The predicted octanol–water partition coefficient (Wildman–Crippen LogP) is 1.59. The molecule has 2 aromatic heterocycles. The van der Waals surface area contributed by atoms with Gasteiger partial charge in [-0.25, -0.2) is 15.0 Å². The molecule has 0 saturated carbocycles. The predicted molar refractivity (Wildman–Crippen MR) is 84.3 cm³/mol. The van der Waals surface area contributed by atoms with Gasteiger partial charge in [0, 0.05) is 30.7 Å². The molecule has 1 atom stereocenters. The molecule has 2 heterocycles. The maximum absolute atomic E-state index is 12.4. The molecule has 0 aromatic carbocycles. The number of amides is 1. The zero-order chi connectivity index (χ0) is 16.1. The van der Waals surface area contributed by atoms with E-state index in [2.05, 4.69) is 20.3 Å². The Morgan fingerprint density at radius 3 is 2.77 bits per heavy atom. The van der Waals surface area contributed by atoms with Crippen molar-refractivity contribution >= 4 is 11.9 Å². The van der Waals surface area contributed by atoms with Gasteiger partial charge in [0.25, 0.3) is 5.91 Å². The molecule has 22 heavy (non-hydrogen) atoms. The normalized spacial score (nSPS) is 12.4. The molecule has 0 aliphatic rings. The van der Waals surface area contributed by atoms with Crippen LogP contribution in [0.4, 0.5) is 5.95 Å². The summed E-state index contributed by atoms with van der Waals surface area (Å²) < 4.78 is 1.93. The van der Waals surface area contributed by atoms with E-state index in [1.54, 1.807) is 18.6 Å². The van der Waals surface area contributed by atoms with Gasteiger partial charge in [0.15, 0.2) is 0 Å². The monoisotopic (exact) mass is 302 g/mol. The van der Waals surface area contributed by atoms with Gasteiger partial charge in [0.1, 0.15) is 5.69 Å². The molecule has 0 aliphatic carbocycles. The fourth-order valence-electron chi connectivity index (χ4n) is 2.08. The minimum Gasteiger partial charge on any atom is -0.368 e. The van der Waals surface area contributed by atoms with Gasteiger partial charge in [-0.05, 0) is 18.4 Å². The Kier molecular flexibility index (Phi) is 5.08. The second-order valence-electron chi connectivity index (χ2n) is 5.53. The molecule has 2 aromatic rings. The first-order valence-corrected chi connectivity index (χ1v) is 7.40. The summed E-state index contributed by atoms with van der Waals surface area (Å²) in [6.07, 6.45) is 6.12. The number of nitrogen functional groups attached to an aromatic ring is 1. The van der Waals surface area contributed by atoms with Crippen molar-refractivity contribution < 1.29 is 4.79 Å². The lowest BCUT2D eigenvalue weighted by Crippen LogP contribution is -2.38. The van der Waals surface area contributed by atoms with Crippen LogP contribution in [-0.4, -0.2) is 31.5 Å². The smallest absolute Gasteiger partial charge is 0.270 e. The number of carbonyl (C=O) groups is 1. The van der Waals surface area contributed by atoms with Crippen LogP contribution in [-0.2, 0) is 6.54 Å². The van der Waals surface area contributed by atoms with Crippen molar-refractivity contribution in [2.24, 2.45) is 0 Å². The molecule has 2 rings (SSSR count). The van der Waals surface area contributed by atoms with E-state index in [0.717, 1.165) is 12.1 Å². The number of hydrogen-bond acceptors (Lipinski definition) is 5. The summed E-state index contributed by atoms with van der Waals surface area (Å²) in [5.41, 5.74) is 6.76. The van der Waals surface area contributed by atoms with Crippen molar-refractivity contribution in [3.63, 3.8) is 0 Å². The summed E-state index contributed by atoms with van der Waals surface area (Å²) in [7, 11) is 0. The molecular formula is C15H22N6O. The molecule has 7 heteroatoms. The van der Waals surface area contributed by atoms with Crippen LogP contribution < -0.4 is 11.1 Å². The lowest BCUT2D eigenvalue weighted by atomic mass is 10.1. The number of hydrogen-bond donors (Lipinski definition) is 2. The average molecular weight is 302 g/mol. The SMILES string of the molecule is CCC(Cn1ccnc1)NC(=O)c1cc(C(C)C)nc(N)n1. The lowest BCUT2D eigenvalue weighted by Gasteiger charge is -2.17. The van der Waals surface area contributed by atoms with Gasteiger partial charge in [-0.3, -0.25) is 4.79 Å². The van der Waals surface area contributed by atoms with E-state index in [-0.39, 0.29) is 23.8 Å². The van der Waals surface area contributed by atoms with Gasteiger partial charge < -0.3 is 15.6 Å². The average Bonchev–Trinajstić information content (AvgIpc) is 2.98. The first-order valence-electron chi connectivity index (χ1n) is 7.40. The third-order valence-electron chi connectivity index (χ3n) is 3.41. The Bertz CT molecular complexity index is 623. The summed E-state index contributed by atoms with van der Waals surface area (Å²) in [6, 6.07) is 1.70. The van der Waals surface area contributed by atoms with Gasteiger partial charge >= 0.3 is 0 Å². The van der Waals surface area contributed by atoms with Gasteiger partial charge in [0.05, 0.1) is 6.33 Å². The molecule has 0 saturated heterocycles. The van der Waals surface area contributed by atoms with E-state index in [4.69, 9.17) is 5.73 Å². The summed E-state index contributed by atoms with van der Waals surface area (Å²) in [6.45, 7) is 6.68. The highest BCUT2D eigenvalue weighted by molar-refractivity contribution is 5.92. The number of nitrogens with two attached hydrogens (primary N) is 1. The zero-order valence-corrected chi connectivity index (χ0v) is 13.2. The lowest BCUT2D eigenvalue weighted by molar-refractivity contribution is 0.0926. The van der Waals surface area contributed by atoms with Crippen LogP contribution in [0.25, 0.3) is 0 Å². The van der Waals surface area contributed by atoms with Crippen molar-refractivity contribution in [3.05, 3.63) is 36.2 Å². The minimum absolute atomic E-state index is 0.000361. The van der Waals surface area contributed by atoms with E-state index in [1.165, 1.54) is 0 Å². The maximum atomic E-state index is 12.4. The number of imidazole rings is 1. The highest BCUT2D eigenvalue weighted by atomic mass is 16.1. The van der Waals surface area contributed by atoms with Crippen LogP contribution in [0.1, 0.15) is 49.3 Å². The van der Waals surface area contributed by atoms with E-state index in [9.17, 15) is 4.79 Å². The van der Waals surface area contributed by atoms with E-state index < -0.39 is 0 Å². The second-order valence-corrected chi connectivity index (χ2v) is 5.53. The highest BCUT2D eigenvalue weighted by Gasteiger charge is 2.16. The first kappa shape index (κ1) is 15.9. The molecule has 0 aliphatic heterocycles. The summed E-state index contributed by atoms with van der Waals surface area (Å²) >= 11 is 0. The van der Waals surface area contributed by atoms with E-state index >= 15 is 0 Å². The van der Waals surface area contributed by atoms with Crippen LogP contribution in [0.15, 0.2) is 24.8 Å². The summed E-state index contributed by atoms with van der Waals surface area (Å²) in [5, 5.41) is 2.98. The van der Waals surface area contributed by atoms with Crippen LogP contribution in [0.2, 0.25) is 0 Å². The molecule has 0 fully saturated rings. The molecule has 1 amide bonds. The number of anilines is 1. The van der Waals surface area contributed by atoms with E-state index in [0.29, 0.717) is 12.2 Å². The molecular weight excluding hydrogens is 280 g/mol. The van der Waals surface area contributed by atoms with Gasteiger partial charge in [-0.1, -0.05) is 20.8 Å². The molecule has 118 valence electrons. The van der Waals surface area contributed by atoms with Gasteiger partial charge in [-0.2, -0.15) is 0 Å². The fourth-order valence-corrected chi connectivity index (χ4v) is 2.08. The number of aromatic nitrogens is 4. The summed E-state index contributed by atoms with van der Waals surface area (Å²) in [4.78, 5) is 24.6. The van der Waals surface area contributed by atoms with Gasteiger partial charge in [0.2, 0.25) is 5.95 Å². The standard InChI is InChI=1S/C15H22N6O/c1-4-11(8-21-6-5-17-9-21)18-14(22)13-7-12(10(2)3)19-15(16)20-13/h5-7,9-11H,4,8H2,1-3H3,(H,18,22)(H2,16,19,20). The third kappa shape index (κ3) is 4.03.